The third-order valence-electron chi connectivity index (χ3n) is 3.27. The molecule has 7 heteroatoms. The molecule has 1 rings (SSSR count). The first-order valence-electron chi connectivity index (χ1n) is 6.46. The van der Waals surface area contributed by atoms with E-state index in [4.69, 9.17) is 0 Å². The molecule has 1 aromatic rings. The summed E-state index contributed by atoms with van der Waals surface area (Å²) >= 11 is 7.67. The molecule has 0 amide bonds. The Balaban J connectivity index is 2.95. The molecule has 19 heavy (non-hydrogen) atoms. The Labute approximate surface area is 127 Å². The summed E-state index contributed by atoms with van der Waals surface area (Å²) in [6.07, 6.45) is 5.93. The number of hydrogen-bond donors (Lipinski definition) is 1. The SMILES string of the molecule is CCCC(CS)(CCC)Cn1cc(Br)c([N+](=O)[O-])n1. The smallest absolute Gasteiger partial charge is 0.358 e. The third-order valence-corrected chi connectivity index (χ3v) is 4.50. The van der Waals surface area contributed by atoms with E-state index in [0.29, 0.717) is 11.0 Å². The van der Waals surface area contributed by atoms with Crippen molar-refractivity contribution >= 4 is 34.4 Å². The largest absolute Gasteiger partial charge is 0.404 e. The predicted octanol–water partition coefficient (Wildman–Crippen LogP) is 4.07. The fourth-order valence-corrected chi connectivity index (χ4v) is 3.36. The highest BCUT2D eigenvalue weighted by Gasteiger charge is 2.30. The summed E-state index contributed by atoms with van der Waals surface area (Å²) in [5.74, 6) is 0.640. The molecular weight excluding hydrogens is 330 g/mol. The minimum absolute atomic E-state index is 0.0614. The molecule has 0 aromatic carbocycles. The van der Waals surface area contributed by atoms with E-state index in [9.17, 15) is 10.1 Å². The van der Waals surface area contributed by atoms with Gasteiger partial charge in [0, 0.05) is 5.41 Å². The minimum Gasteiger partial charge on any atom is -0.358 e. The molecule has 0 aliphatic heterocycles. The van der Waals surface area contributed by atoms with Gasteiger partial charge in [-0.25, -0.2) is 0 Å². The monoisotopic (exact) mass is 349 g/mol. The van der Waals surface area contributed by atoms with Crippen LogP contribution in [0.15, 0.2) is 10.7 Å². The van der Waals surface area contributed by atoms with Gasteiger partial charge >= 0.3 is 5.82 Å². The van der Waals surface area contributed by atoms with Crippen LogP contribution in [0, 0.1) is 15.5 Å². The van der Waals surface area contributed by atoms with Gasteiger partial charge in [-0.1, -0.05) is 26.7 Å². The summed E-state index contributed by atoms with van der Waals surface area (Å²) in [7, 11) is 0. The molecule has 0 aliphatic rings. The van der Waals surface area contributed by atoms with Crippen LogP contribution in [-0.2, 0) is 6.54 Å². The molecule has 108 valence electrons. The number of thiol groups is 1. The first kappa shape index (κ1) is 16.5. The van der Waals surface area contributed by atoms with Crippen molar-refractivity contribution in [2.45, 2.75) is 46.1 Å². The zero-order valence-electron chi connectivity index (χ0n) is 11.3. The highest BCUT2D eigenvalue weighted by atomic mass is 79.9. The number of rotatable bonds is 8. The van der Waals surface area contributed by atoms with Crippen LogP contribution in [0.4, 0.5) is 5.82 Å². The predicted molar refractivity (Wildman–Crippen MR) is 82.7 cm³/mol. The van der Waals surface area contributed by atoms with E-state index < -0.39 is 4.92 Å². The molecular formula is C12H20BrN3O2S. The van der Waals surface area contributed by atoms with E-state index in [0.717, 1.165) is 31.4 Å². The van der Waals surface area contributed by atoms with Gasteiger partial charge in [-0.3, -0.25) is 0 Å². The van der Waals surface area contributed by atoms with Crippen molar-refractivity contribution in [3.05, 3.63) is 20.8 Å². The lowest BCUT2D eigenvalue weighted by molar-refractivity contribution is -0.390. The Kier molecular flexibility index (Phi) is 6.32. The van der Waals surface area contributed by atoms with Crippen LogP contribution < -0.4 is 0 Å². The molecule has 0 saturated heterocycles. The Morgan fingerprint density at radius 1 is 1.47 bits per heavy atom. The van der Waals surface area contributed by atoms with E-state index in [1.165, 1.54) is 0 Å². The van der Waals surface area contributed by atoms with Gasteiger partial charge in [-0.2, -0.15) is 17.3 Å². The van der Waals surface area contributed by atoms with Crippen molar-refractivity contribution in [3.63, 3.8) is 0 Å². The van der Waals surface area contributed by atoms with Gasteiger partial charge < -0.3 is 10.1 Å². The second kappa shape index (κ2) is 7.28. The minimum atomic E-state index is -0.470. The number of nitro groups is 1. The number of nitrogens with zero attached hydrogens (tertiary/aromatic N) is 3. The van der Waals surface area contributed by atoms with Gasteiger partial charge in [-0.15, -0.1) is 0 Å². The van der Waals surface area contributed by atoms with Crippen molar-refractivity contribution in [2.75, 3.05) is 5.75 Å². The van der Waals surface area contributed by atoms with Crippen LogP contribution >= 0.6 is 28.6 Å². The van der Waals surface area contributed by atoms with Crippen LogP contribution in [0.1, 0.15) is 39.5 Å². The lowest BCUT2D eigenvalue weighted by atomic mass is 9.81. The van der Waals surface area contributed by atoms with Crippen molar-refractivity contribution in [2.24, 2.45) is 5.41 Å². The molecule has 0 fully saturated rings. The summed E-state index contributed by atoms with van der Waals surface area (Å²) in [6, 6.07) is 0. The molecule has 0 radical (unpaired) electrons. The first-order chi connectivity index (χ1) is 8.98. The third kappa shape index (κ3) is 4.21. The normalized spacial score (nSPS) is 11.8. The summed E-state index contributed by atoms with van der Waals surface area (Å²) in [5.41, 5.74) is 0.0614. The summed E-state index contributed by atoms with van der Waals surface area (Å²) in [5, 5.41) is 14.8. The molecule has 5 nitrogen and oxygen atoms in total. The van der Waals surface area contributed by atoms with Gasteiger partial charge in [0.2, 0.25) is 0 Å². The quantitative estimate of drug-likeness (QED) is 0.437. The Hall–Kier alpha value is -0.560. The van der Waals surface area contributed by atoms with Crippen molar-refractivity contribution in [3.8, 4) is 0 Å². The zero-order valence-corrected chi connectivity index (χ0v) is 13.8. The van der Waals surface area contributed by atoms with Crippen LogP contribution in [-0.4, -0.2) is 20.5 Å². The topological polar surface area (TPSA) is 61.0 Å². The van der Waals surface area contributed by atoms with Crippen molar-refractivity contribution in [1.29, 1.82) is 0 Å². The maximum Gasteiger partial charge on any atom is 0.404 e. The molecule has 0 bridgehead atoms. The average molecular weight is 350 g/mol. The summed E-state index contributed by atoms with van der Waals surface area (Å²) in [4.78, 5) is 10.3. The maximum absolute atomic E-state index is 10.8. The van der Waals surface area contributed by atoms with E-state index in [-0.39, 0.29) is 11.2 Å². The zero-order chi connectivity index (χ0) is 14.5. The number of halogens is 1. The van der Waals surface area contributed by atoms with E-state index in [1.807, 2.05) is 0 Å². The van der Waals surface area contributed by atoms with E-state index >= 15 is 0 Å². The summed E-state index contributed by atoms with van der Waals surface area (Å²) < 4.78 is 2.10. The molecule has 0 spiro atoms. The fraction of sp³-hybridized carbons (Fsp3) is 0.750. The second-order valence-electron chi connectivity index (χ2n) is 4.91. The van der Waals surface area contributed by atoms with Crippen LogP contribution in [0.3, 0.4) is 0 Å². The van der Waals surface area contributed by atoms with E-state index in [2.05, 4.69) is 47.5 Å². The Morgan fingerprint density at radius 2 is 2.05 bits per heavy atom. The Bertz CT molecular complexity index is 431. The Morgan fingerprint density at radius 3 is 2.42 bits per heavy atom. The van der Waals surface area contributed by atoms with Crippen LogP contribution in [0.25, 0.3) is 0 Å². The molecule has 0 aliphatic carbocycles. The van der Waals surface area contributed by atoms with Crippen molar-refractivity contribution in [1.82, 2.24) is 9.78 Å². The molecule has 0 unspecified atom stereocenters. The number of hydrogen-bond acceptors (Lipinski definition) is 4. The van der Waals surface area contributed by atoms with Crippen LogP contribution in [0.2, 0.25) is 0 Å². The molecule has 0 atom stereocenters. The highest BCUT2D eigenvalue weighted by molar-refractivity contribution is 9.10. The summed E-state index contributed by atoms with van der Waals surface area (Å²) in [6.45, 7) is 4.97. The lowest BCUT2D eigenvalue weighted by Crippen LogP contribution is -2.29. The average Bonchev–Trinajstić information content (AvgIpc) is 2.70. The second-order valence-corrected chi connectivity index (χ2v) is 6.08. The van der Waals surface area contributed by atoms with Gasteiger partial charge in [-0.05, 0) is 39.4 Å². The van der Waals surface area contributed by atoms with Crippen molar-refractivity contribution < 1.29 is 4.92 Å². The fourth-order valence-electron chi connectivity index (χ4n) is 2.49. The standard InChI is InChI=1S/C12H20BrN3O2S/c1-3-5-12(9-19,6-4-2)8-15-7-10(13)11(14-15)16(17)18/h7,19H,3-6,8-9H2,1-2H3. The maximum atomic E-state index is 10.8. The highest BCUT2D eigenvalue weighted by Crippen LogP contribution is 2.34. The van der Waals surface area contributed by atoms with E-state index in [1.54, 1.807) is 10.9 Å². The first-order valence-corrected chi connectivity index (χ1v) is 7.88. The molecule has 1 aromatic heterocycles. The van der Waals surface area contributed by atoms with Gasteiger partial charge in [0.1, 0.15) is 4.47 Å². The van der Waals surface area contributed by atoms with Gasteiger partial charge in [0.15, 0.2) is 0 Å². The lowest BCUT2D eigenvalue weighted by Gasteiger charge is -2.30. The van der Waals surface area contributed by atoms with Gasteiger partial charge in [0.25, 0.3) is 0 Å². The molecule has 1 heterocycles. The number of aromatic nitrogens is 2. The molecule has 0 N–H and O–H groups in total. The molecule has 0 saturated carbocycles. The van der Waals surface area contributed by atoms with Crippen LogP contribution in [0.5, 0.6) is 0 Å². The van der Waals surface area contributed by atoms with Gasteiger partial charge in [0.05, 0.1) is 17.8 Å².